The quantitative estimate of drug-likeness (QED) is 0.645. The molecule has 1 nitrogen and oxygen atoms in total. The summed E-state index contributed by atoms with van der Waals surface area (Å²) >= 11 is 0. The molecule has 18 heavy (non-hydrogen) atoms. The predicted molar refractivity (Wildman–Crippen MR) is 76.1 cm³/mol. The molecule has 1 heteroatoms. The van der Waals surface area contributed by atoms with Crippen molar-refractivity contribution in [2.45, 2.75) is 33.3 Å². The molecule has 0 aromatic heterocycles. The van der Waals surface area contributed by atoms with Crippen molar-refractivity contribution in [1.29, 1.82) is 0 Å². The molecule has 0 radical (unpaired) electrons. The molecule has 0 fully saturated rings. The number of hydrogen-bond donors (Lipinski definition) is 0. The third-order valence-electron chi connectivity index (χ3n) is 3.29. The lowest BCUT2D eigenvalue weighted by Crippen LogP contribution is -1.97. The van der Waals surface area contributed by atoms with Gasteiger partial charge in [0.15, 0.2) is 0 Å². The smallest absolute Gasteiger partial charge is 0.123 e. The summed E-state index contributed by atoms with van der Waals surface area (Å²) in [5, 5.41) is 0. The van der Waals surface area contributed by atoms with Crippen molar-refractivity contribution in [3.05, 3.63) is 65.2 Å². The van der Waals surface area contributed by atoms with E-state index in [1.54, 1.807) is 0 Å². The number of para-hydroxylation sites is 1. The first kappa shape index (κ1) is 12.7. The summed E-state index contributed by atoms with van der Waals surface area (Å²) in [5.74, 6) is 1.43. The van der Waals surface area contributed by atoms with E-state index in [-0.39, 0.29) is 0 Å². The van der Waals surface area contributed by atoms with Crippen LogP contribution in [0.15, 0.2) is 48.5 Å². The summed E-state index contributed by atoms with van der Waals surface area (Å²) in [5.41, 5.74) is 3.96. The Morgan fingerprint density at radius 2 is 1.50 bits per heavy atom. The van der Waals surface area contributed by atoms with Gasteiger partial charge >= 0.3 is 0 Å². The van der Waals surface area contributed by atoms with Crippen LogP contribution in [0, 0.1) is 0 Å². The second-order valence-electron chi connectivity index (χ2n) is 4.25. The Morgan fingerprint density at radius 1 is 0.889 bits per heavy atom. The molecule has 2 aromatic rings. The van der Waals surface area contributed by atoms with Gasteiger partial charge in [-0.05, 0) is 17.2 Å². The van der Waals surface area contributed by atoms with Gasteiger partial charge in [0.1, 0.15) is 12.4 Å². The van der Waals surface area contributed by atoms with Crippen LogP contribution < -0.4 is 4.74 Å². The number of benzene rings is 2. The molecule has 0 spiro atoms. The zero-order valence-corrected chi connectivity index (χ0v) is 11.3. The Labute approximate surface area is 109 Å². The fourth-order valence-corrected chi connectivity index (χ4v) is 2.38. The fraction of sp³-hybridized carbons (Fsp3) is 0.294. The van der Waals surface area contributed by atoms with E-state index >= 15 is 0 Å². The standard InChI is InChI=1S/C15H14O.C2H6/c1-11-13-7-3-2-6-12(13)10-16-15-9-5-4-8-14(11)15;1-2/h2-9,11H,10H2,1H3;1-2H3. The molecule has 1 aliphatic heterocycles. The van der Waals surface area contributed by atoms with E-state index in [4.69, 9.17) is 4.74 Å². The highest BCUT2D eigenvalue weighted by Crippen LogP contribution is 2.36. The molecular formula is C17H20O. The minimum absolute atomic E-state index is 0.412. The molecule has 0 saturated heterocycles. The molecule has 1 atom stereocenters. The van der Waals surface area contributed by atoms with Crippen molar-refractivity contribution in [3.8, 4) is 5.75 Å². The van der Waals surface area contributed by atoms with E-state index < -0.39 is 0 Å². The Kier molecular flexibility index (Phi) is 4.03. The van der Waals surface area contributed by atoms with E-state index in [1.807, 2.05) is 19.9 Å². The Morgan fingerprint density at radius 3 is 2.28 bits per heavy atom. The van der Waals surface area contributed by atoms with Gasteiger partial charge in [-0.15, -0.1) is 0 Å². The van der Waals surface area contributed by atoms with Gasteiger partial charge in [0, 0.05) is 11.5 Å². The van der Waals surface area contributed by atoms with E-state index in [0.29, 0.717) is 12.5 Å². The molecule has 0 saturated carbocycles. The van der Waals surface area contributed by atoms with Crippen LogP contribution in [0.4, 0.5) is 0 Å². The maximum Gasteiger partial charge on any atom is 0.123 e. The van der Waals surface area contributed by atoms with Crippen molar-refractivity contribution >= 4 is 0 Å². The lowest BCUT2D eigenvalue weighted by molar-refractivity contribution is 0.307. The van der Waals surface area contributed by atoms with Gasteiger partial charge in [-0.1, -0.05) is 63.2 Å². The van der Waals surface area contributed by atoms with Gasteiger partial charge in [-0.25, -0.2) is 0 Å². The van der Waals surface area contributed by atoms with Crippen molar-refractivity contribution < 1.29 is 4.74 Å². The Bertz CT molecular complexity index is 469. The molecule has 1 heterocycles. The van der Waals surface area contributed by atoms with Gasteiger partial charge in [0.2, 0.25) is 0 Å². The number of fused-ring (bicyclic) bond motifs is 2. The molecule has 94 valence electrons. The molecule has 2 aromatic carbocycles. The summed E-state index contributed by atoms with van der Waals surface area (Å²) in [6.45, 7) is 6.92. The Balaban J connectivity index is 0.000000574. The van der Waals surface area contributed by atoms with Crippen molar-refractivity contribution in [2.75, 3.05) is 0 Å². The van der Waals surface area contributed by atoms with Crippen LogP contribution in [0.2, 0.25) is 0 Å². The maximum absolute atomic E-state index is 5.85. The summed E-state index contributed by atoms with van der Waals surface area (Å²) in [4.78, 5) is 0. The second-order valence-corrected chi connectivity index (χ2v) is 4.25. The van der Waals surface area contributed by atoms with Crippen molar-refractivity contribution in [1.82, 2.24) is 0 Å². The summed E-state index contributed by atoms with van der Waals surface area (Å²) in [7, 11) is 0. The van der Waals surface area contributed by atoms with Gasteiger partial charge < -0.3 is 4.74 Å². The minimum Gasteiger partial charge on any atom is -0.489 e. The molecular weight excluding hydrogens is 220 g/mol. The van der Waals surface area contributed by atoms with Crippen LogP contribution in [0.3, 0.4) is 0 Å². The van der Waals surface area contributed by atoms with Crippen LogP contribution >= 0.6 is 0 Å². The lowest BCUT2D eigenvalue weighted by Gasteiger charge is -2.13. The van der Waals surface area contributed by atoms with Crippen LogP contribution in [0.25, 0.3) is 0 Å². The normalized spacial score (nSPS) is 16.3. The first-order valence-corrected chi connectivity index (χ1v) is 6.66. The summed E-state index contributed by atoms with van der Waals surface area (Å²) in [6.07, 6.45) is 0. The monoisotopic (exact) mass is 240 g/mol. The Hall–Kier alpha value is -1.76. The first-order chi connectivity index (χ1) is 8.86. The van der Waals surface area contributed by atoms with Crippen molar-refractivity contribution in [2.24, 2.45) is 0 Å². The average molecular weight is 240 g/mol. The van der Waals surface area contributed by atoms with Crippen LogP contribution in [0.1, 0.15) is 43.4 Å². The predicted octanol–water partition coefficient (Wildman–Crippen LogP) is 4.76. The molecule has 0 N–H and O–H groups in total. The van der Waals surface area contributed by atoms with E-state index in [1.165, 1.54) is 16.7 Å². The van der Waals surface area contributed by atoms with Crippen LogP contribution in [-0.4, -0.2) is 0 Å². The van der Waals surface area contributed by atoms with E-state index in [9.17, 15) is 0 Å². The molecule has 0 aliphatic carbocycles. The van der Waals surface area contributed by atoms with Gasteiger partial charge in [-0.2, -0.15) is 0 Å². The third-order valence-corrected chi connectivity index (χ3v) is 3.29. The first-order valence-electron chi connectivity index (χ1n) is 6.66. The lowest BCUT2D eigenvalue weighted by atomic mass is 9.90. The zero-order chi connectivity index (χ0) is 13.0. The number of ether oxygens (including phenoxy) is 1. The largest absolute Gasteiger partial charge is 0.489 e. The topological polar surface area (TPSA) is 9.23 Å². The van der Waals surface area contributed by atoms with Gasteiger partial charge in [-0.3, -0.25) is 0 Å². The van der Waals surface area contributed by atoms with Gasteiger partial charge in [0.05, 0.1) is 0 Å². The highest BCUT2D eigenvalue weighted by atomic mass is 16.5. The van der Waals surface area contributed by atoms with E-state index in [0.717, 1.165) is 5.75 Å². The molecule has 1 aliphatic rings. The number of rotatable bonds is 0. The van der Waals surface area contributed by atoms with Crippen molar-refractivity contribution in [3.63, 3.8) is 0 Å². The number of hydrogen-bond acceptors (Lipinski definition) is 1. The van der Waals surface area contributed by atoms with Crippen LogP contribution in [-0.2, 0) is 6.61 Å². The van der Waals surface area contributed by atoms with E-state index in [2.05, 4.69) is 49.4 Å². The molecule has 0 amide bonds. The summed E-state index contributed by atoms with van der Waals surface area (Å²) < 4.78 is 5.85. The van der Waals surface area contributed by atoms with Crippen LogP contribution in [0.5, 0.6) is 5.75 Å². The summed E-state index contributed by atoms with van der Waals surface area (Å²) in [6, 6.07) is 16.8. The SMILES string of the molecule is CC.CC1c2ccccc2COc2ccccc21. The zero-order valence-electron chi connectivity index (χ0n) is 11.3. The third kappa shape index (κ3) is 2.26. The molecule has 0 bridgehead atoms. The highest BCUT2D eigenvalue weighted by molar-refractivity contribution is 5.46. The maximum atomic E-state index is 5.85. The molecule has 1 unspecified atom stereocenters. The highest BCUT2D eigenvalue weighted by Gasteiger charge is 2.19. The fourth-order valence-electron chi connectivity index (χ4n) is 2.38. The minimum atomic E-state index is 0.412. The average Bonchev–Trinajstić information content (AvgIpc) is 2.60. The van der Waals surface area contributed by atoms with Gasteiger partial charge in [0.25, 0.3) is 0 Å². The second kappa shape index (κ2) is 5.72. The molecule has 3 rings (SSSR count).